The van der Waals surface area contributed by atoms with Gasteiger partial charge in [0.05, 0.1) is 17.8 Å². The second kappa shape index (κ2) is 7.59. The first kappa shape index (κ1) is 19.6. The number of rotatable bonds is 4. The van der Waals surface area contributed by atoms with Crippen molar-refractivity contribution < 1.29 is 4.39 Å². The molecule has 0 aliphatic carbocycles. The highest BCUT2D eigenvalue weighted by Crippen LogP contribution is 2.42. The van der Waals surface area contributed by atoms with Crippen LogP contribution in [0.15, 0.2) is 54.7 Å². The summed E-state index contributed by atoms with van der Waals surface area (Å²) in [6.45, 7) is 8.50. The van der Waals surface area contributed by atoms with Crippen LogP contribution in [0.2, 0.25) is 0 Å². The molecule has 1 aliphatic heterocycles. The van der Waals surface area contributed by atoms with Gasteiger partial charge in [0.25, 0.3) is 0 Å². The van der Waals surface area contributed by atoms with E-state index in [1.54, 1.807) is 0 Å². The smallest absolute Gasteiger partial charge is 0.170 e. The largest absolute Gasteiger partial charge is 0.352 e. The summed E-state index contributed by atoms with van der Waals surface area (Å²) >= 11 is 5.70. The number of halogens is 1. The van der Waals surface area contributed by atoms with Crippen LogP contribution < -0.4 is 5.32 Å². The summed E-state index contributed by atoms with van der Waals surface area (Å²) in [5.74, 6) is -0.233. The summed E-state index contributed by atoms with van der Waals surface area (Å²) in [6.07, 6.45) is 1.82. The van der Waals surface area contributed by atoms with Gasteiger partial charge in [-0.15, -0.1) is 0 Å². The van der Waals surface area contributed by atoms with Crippen molar-refractivity contribution in [3.8, 4) is 5.69 Å². The molecule has 6 heteroatoms. The minimum Gasteiger partial charge on any atom is -0.352 e. The Labute approximate surface area is 176 Å². The zero-order valence-electron chi connectivity index (χ0n) is 17.1. The SMILES string of the molecule is Cc1cc(C2C(c3ccccn3)NC(=S)N2C(C)C)c(C)n1-c1ccc(F)cc1. The fourth-order valence-electron chi connectivity index (χ4n) is 4.33. The monoisotopic (exact) mass is 408 g/mol. The molecule has 0 saturated carbocycles. The summed E-state index contributed by atoms with van der Waals surface area (Å²) in [5, 5.41) is 4.23. The first-order chi connectivity index (χ1) is 13.9. The molecule has 2 atom stereocenters. The number of thiocarbonyl (C=S) groups is 1. The molecule has 2 aromatic heterocycles. The lowest BCUT2D eigenvalue weighted by Crippen LogP contribution is -2.35. The molecule has 29 heavy (non-hydrogen) atoms. The van der Waals surface area contributed by atoms with Crippen LogP contribution in [0.25, 0.3) is 5.69 Å². The first-order valence-electron chi connectivity index (χ1n) is 9.83. The zero-order chi connectivity index (χ0) is 20.7. The van der Waals surface area contributed by atoms with Crippen molar-refractivity contribution in [2.24, 2.45) is 0 Å². The van der Waals surface area contributed by atoms with Crippen molar-refractivity contribution in [1.29, 1.82) is 0 Å². The van der Waals surface area contributed by atoms with Crippen LogP contribution in [-0.4, -0.2) is 25.6 Å². The van der Waals surface area contributed by atoms with E-state index in [1.165, 1.54) is 17.7 Å². The van der Waals surface area contributed by atoms with Crippen LogP contribution in [0.1, 0.15) is 48.6 Å². The van der Waals surface area contributed by atoms with E-state index in [2.05, 4.69) is 53.5 Å². The third kappa shape index (κ3) is 3.42. The molecular weight excluding hydrogens is 383 g/mol. The van der Waals surface area contributed by atoms with Gasteiger partial charge in [-0.1, -0.05) is 6.07 Å². The van der Waals surface area contributed by atoms with E-state index in [4.69, 9.17) is 12.2 Å². The molecule has 0 spiro atoms. The number of benzene rings is 1. The fourth-order valence-corrected chi connectivity index (χ4v) is 4.78. The maximum Gasteiger partial charge on any atom is 0.170 e. The Morgan fingerprint density at radius 2 is 1.83 bits per heavy atom. The molecule has 1 aromatic carbocycles. The number of aryl methyl sites for hydroxylation is 1. The van der Waals surface area contributed by atoms with Gasteiger partial charge >= 0.3 is 0 Å². The predicted octanol–water partition coefficient (Wildman–Crippen LogP) is 5.01. The van der Waals surface area contributed by atoms with Crippen LogP contribution in [0, 0.1) is 19.7 Å². The van der Waals surface area contributed by atoms with E-state index in [0.29, 0.717) is 0 Å². The van der Waals surface area contributed by atoms with Crippen LogP contribution >= 0.6 is 12.2 Å². The molecule has 1 aliphatic rings. The molecule has 0 radical (unpaired) electrons. The van der Waals surface area contributed by atoms with Gasteiger partial charge in [-0.2, -0.15) is 0 Å². The van der Waals surface area contributed by atoms with Gasteiger partial charge in [-0.05, 0) is 87.9 Å². The van der Waals surface area contributed by atoms with Crippen molar-refractivity contribution in [3.63, 3.8) is 0 Å². The van der Waals surface area contributed by atoms with Crippen molar-refractivity contribution in [2.75, 3.05) is 0 Å². The topological polar surface area (TPSA) is 33.1 Å². The van der Waals surface area contributed by atoms with E-state index < -0.39 is 0 Å². The van der Waals surface area contributed by atoms with Crippen LogP contribution in [0.3, 0.4) is 0 Å². The predicted molar refractivity (Wildman–Crippen MR) is 118 cm³/mol. The Morgan fingerprint density at radius 1 is 1.10 bits per heavy atom. The summed E-state index contributed by atoms with van der Waals surface area (Å²) in [4.78, 5) is 6.85. The lowest BCUT2D eigenvalue weighted by molar-refractivity contribution is 0.269. The van der Waals surface area contributed by atoms with Gasteiger partial charge in [0.2, 0.25) is 0 Å². The highest BCUT2D eigenvalue weighted by Gasteiger charge is 2.42. The van der Waals surface area contributed by atoms with E-state index >= 15 is 0 Å². The standard InChI is InChI=1S/C23H25FN4S/c1-14(2)27-22(21(26-23(27)29)20-7-5-6-12-25-20)19-13-15(3)28(16(19)4)18-10-8-17(24)9-11-18/h5-14,21-22H,1-4H3,(H,26,29). The van der Waals surface area contributed by atoms with Crippen molar-refractivity contribution in [1.82, 2.24) is 19.8 Å². The molecule has 3 heterocycles. The lowest BCUT2D eigenvalue weighted by Gasteiger charge is -2.31. The molecule has 1 saturated heterocycles. The Morgan fingerprint density at radius 3 is 2.45 bits per heavy atom. The summed E-state index contributed by atoms with van der Waals surface area (Å²) in [5.41, 5.74) is 5.34. The highest BCUT2D eigenvalue weighted by molar-refractivity contribution is 7.80. The number of pyridine rings is 1. The molecule has 1 N–H and O–H groups in total. The lowest BCUT2D eigenvalue weighted by atomic mass is 9.96. The highest BCUT2D eigenvalue weighted by atomic mass is 32.1. The molecule has 0 amide bonds. The molecule has 0 bridgehead atoms. The third-order valence-corrected chi connectivity index (χ3v) is 5.89. The fraction of sp³-hybridized carbons (Fsp3) is 0.304. The summed E-state index contributed by atoms with van der Waals surface area (Å²) in [7, 11) is 0. The number of aromatic nitrogens is 2. The summed E-state index contributed by atoms with van der Waals surface area (Å²) in [6, 6.07) is 15.0. The molecule has 3 aromatic rings. The van der Waals surface area contributed by atoms with Crippen LogP contribution in [-0.2, 0) is 0 Å². The number of nitrogens with zero attached hydrogens (tertiary/aromatic N) is 3. The van der Waals surface area contributed by atoms with Crippen molar-refractivity contribution in [3.05, 3.63) is 83.2 Å². The van der Waals surface area contributed by atoms with Gasteiger partial charge in [-0.3, -0.25) is 4.98 Å². The molecule has 1 fully saturated rings. The number of hydrogen-bond donors (Lipinski definition) is 1. The van der Waals surface area contributed by atoms with Gasteiger partial charge in [-0.25, -0.2) is 4.39 Å². The van der Waals surface area contributed by atoms with E-state index in [9.17, 15) is 4.39 Å². The molecule has 150 valence electrons. The minimum absolute atomic E-state index is 0.0257. The van der Waals surface area contributed by atoms with E-state index in [0.717, 1.165) is 27.9 Å². The van der Waals surface area contributed by atoms with Crippen molar-refractivity contribution in [2.45, 2.75) is 45.8 Å². The van der Waals surface area contributed by atoms with E-state index in [-0.39, 0.29) is 23.9 Å². The van der Waals surface area contributed by atoms with Crippen LogP contribution in [0.5, 0.6) is 0 Å². The molecular formula is C23H25FN4S. The maximum atomic E-state index is 13.4. The Bertz CT molecular complexity index is 1030. The molecule has 4 nitrogen and oxygen atoms in total. The Balaban J connectivity index is 1.85. The van der Waals surface area contributed by atoms with Crippen molar-refractivity contribution >= 4 is 17.3 Å². The Hall–Kier alpha value is -2.73. The third-order valence-electron chi connectivity index (χ3n) is 5.57. The number of hydrogen-bond acceptors (Lipinski definition) is 2. The van der Waals surface area contributed by atoms with Gasteiger partial charge in [0.1, 0.15) is 5.82 Å². The second-order valence-corrected chi connectivity index (χ2v) is 8.15. The Kier molecular flexibility index (Phi) is 5.13. The van der Waals surface area contributed by atoms with Gasteiger partial charge in [0, 0.05) is 29.3 Å². The minimum atomic E-state index is -0.233. The van der Waals surface area contributed by atoms with Gasteiger partial charge in [0.15, 0.2) is 5.11 Å². The average Bonchev–Trinajstić information content (AvgIpc) is 3.19. The summed E-state index contributed by atoms with van der Waals surface area (Å²) < 4.78 is 15.6. The normalized spacial score (nSPS) is 19.1. The maximum absolute atomic E-state index is 13.4. The zero-order valence-corrected chi connectivity index (χ0v) is 17.9. The second-order valence-electron chi connectivity index (χ2n) is 7.77. The molecule has 4 rings (SSSR count). The average molecular weight is 409 g/mol. The van der Waals surface area contributed by atoms with Crippen LogP contribution in [0.4, 0.5) is 4.39 Å². The number of nitrogens with one attached hydrogen (secondary N) is 1. The molecule has 2 unspecified atom stereocenters. The quantitative estimate of drug-likeness (QED) is 0.615. The first-order valence-corrected chi connectivity index (χ1v) is 10.2. The van der Waals surface area contributed by atoms with Gasteiger partial charge < -0.3 is 14.8 Å². The van der Waals surface area contributed by atoms with E-state index in [1.807, 2.05) is 36.5 Å².